The summed E-state index contributed by atoms with van der Waals surface area (Å²) in [5.41, 5.74) is 0. The molecular weight excluding hydrogens is 171 g/mol. The Kier molecular flexibility index (Phi) is 8.01. The zero-order valence-corrected chi connectivity index (χ0v) is 5.29. The number of esters is 1. The second kappa shape index (κ2) is 5.09. The molecule has 0 aliphatic heterocycles. The van der Waals surface area contributed by atoms with E-state index in [0.29, 0.717) is 0 Å². The van der Waals surface area contributed by atoms with Crippen molar-refractivity contribution in [3.05, 3.63) is 0 Å². The smallest absolute Gasteiger partial charge is 0.302 e. The van der Waals surface area contributed by atoms with E-state index in [1.54, 1.807) is 0 Å². The fourth-order valence-electron chi connectivity index (χ4n) is 0. The fourth-order valence-corrected chi connectivity index (χ4v) is 0. The summed E-state index contributed by atoms with van der Waals surface area (Å²) in [6, 6.07) is 0. The molecule has 0 aromatic carbocycles. The number of rotatable bonds is 0. The van der Waals surface area contributed by atoms with Crippen LogP contribution in [0.3, 0.4) is 0 Å². The maximum Gasteiger partial charge on any atom is 0.302 e. The first-order chi connectivity index (χ1) is 2.27. The molecule has 2 nitrogen and oxygen atoms in total. The van der Waals surface area contributed by atoms with Crippen LogP contribution in [0.2, 0.25) is 0 Å². The molecule has 0 fully saturated rings. The molecule has 0 spiro atoms. The minimum absolute atomic E-state index is 0. The van der Waals surface area contributed by atoms with Gasteiger partial charge in [0, 0.05) is 26.4 Å². The quantitative estimate of drug-likeness (QED) is 0.389. The number of ether oxygens (including phenoxy) is 1. The molecule has 0 aliphatic carbocycles. The normalized spacial score (nSPS) is 5.67. The van der Waals surface area contributed by atoms with E-state index in [0.717, 1.165) is 0 Å². The molecule has 6 heavy (non-hydrogen) atoms. The van der Waals surface area contributed by atoms with Crippen molar-refractivity contribution < 1.29 is 29.0 Å². The first-order valence-corrected chi connectivity index (χ1v) is 1.32. The van der Waals surface area contributed by atoms with Gasteiger partial charge < -0.3 is 4.74 Å². The Morgan fingerprint density at radius 1 is 1.67 bits per heavy atom. The van der Waals surface area contributed by atoms with E-state index in [2.05, 4.69) is 4.74 Å². The summed E-state index contributed by atoms with van der Waals surface area (Å²) in [6.07, 6.45) is 0. The summed E-state index contributed by atoms with van der Waals surface area (Å²) >= 11 is 0. The van der Waals surface area contributed by atoms with Crippen LogP contribution in [-0.2, 0) is 29.0 Å². The summed E-state index contributed by atoms with van der Waals surface area (Å²) in [5, 5.41) is 0. The topological polar surface area (TPSA) is 26.3 Å². The molecule has 1 radical (unpaired) electrons. The van der Waals surface area contributed by atoms with E-state index in [-0.39, 0.29) is 25.4 Å². The predicted molar refractivity (Wildman–Crippen MR) is 17.7 cm³/mol. The second-order valence-electron chi connectivity index (χ2n) is 0.696. The summed E-state index contributed by atoms with van der Waals surface area (Å²) in [7, 11) is 1.35. The molecule has 0 heterocycles. The Bertz CT molecular complexity index is 44.1. The molecule has 0 saturated carbocycles. The van der Waals surface area contributed by atoms with Gasteiger partial charge >= 0.3 is 5.97 Å². The van der Waals surface area contributed by atoms with Crippen LogP contribution in [0.25, 0.3) is 0 Å². The summed E-state index contributed by atoms with van der Waals surface area (Å²) in [6.45, 7) is 1.36. The third-order valence-electron chi connectivity index (χ3n) is 0.287. The number of hydrogen-bond acceptors (Lipinski definition) is 2. The van der Waals surface area contributed by atoms with Crippen molar-refractivity contribution >= 4 is 5.97 Å². The van der Waals surface area contributed by atoms with E-state index in [4.69, 9.17) is 0 Å². The number of carbonyl (C=O) groups is 1. The number of methoxy groups -OCH3 is 1. The molecule has 0 aromatic rings. The van der Waals surface area contributed by atoms with Gasteiger partial charge in [-0.3, -0.25) is 4.79 Å². The standard InChI is InChI=1S/C3H6O2.Rh/c1-3(4)5-2;/h1-2H3;. The van der Waals surface area contributed by atoms with E-state index in [9.17, 15) is 4.79 Å². The van der Waals surface area contributed by atoms with Crippen molar-refractivity contribution in [3.63, 3.8) is 0 Å². The van der Waals surface area contributed by atoms with E-state index in [1.165, 1.54) is 14.0 Å². The molecule has 0 N–H and O–H groups in total. The van der Waals surface area contributed by atoms with Gasteiger partial charge in [-0.1, -0.05) is 0 Å². The molecule has 0 atom stereocenters. The molecule has 0 saturated heterocycles. The SMILES string of the molecule is COC(C)=O.[Rh]. The number of carbonyl (C=O) groups excluding carboxylic acids is 1. The van der Waals surface area contributed by atoms with Gasteiger partial charge in [0.05, 0.1) is 7.11 Å². The summed E-state index contributed by atoms with van der Waals surface area (Å²) in [5.74, 6) is -0.245. The number of hydrogen-bond donors (Lipinski definition) is 0. The van der Waals surface area contributed by atoms with Crippen LogP contribution in [-0.4, -0.2) is 13.1 Å². The van der Waals surface area contributed by atoms with Crippen LogP contribution in [0.1, 0.15) is 6.92 Å². The average molecular weight is 177 g/mol. The van der Waals surface area contributed by atoms with Crippen molar-refractivity contribution in [2.75, 3.05) is 7.11 Å². The van der Waals surface area contributed by atoms with Crippen LogP contribution < -0.4 is 0 Å². The van der Waals surface area contributed by atoms with E-state index < -0.39 is 0 Å². The van der Waals surface area contributed by atoms with Crippen molar-refractivity contribution in [1.82, 2.24) is 0 Å². The molecule has 39 valence electrons. The van der Waals surface area contributed by atoms with Crippen LogP contribution in [0, 0.1) is 0 Å². The van der Waals surface area contributed by atoms with Gasteiger partial charge in [0.15, 0.2) is 0 Å². The van der Waals surface area contributed by atoms with Gasteiger partial charge in [0.25, 0.3) is 0 Å². The van der Waals surface area contributed by atoms with Crippen molar-refractivity contribution in [3.8, 4) is 0 Å². The molecular formula is C3H6O2Rh. The van der Waals surface area contributed by atoms with E-state index >= 15 is 0 Å². The molecule has 3 heteroatoms. The van der Waals surface area contributed by atoms with Gasteiger partial charge in [-0.15, -0.1) is 0 Å². The first-order valence-electron chi connectivity index (χ1n) is 1.32. The third kappa shape index (κ3) is 8.94. The van der Waals surface area contributed by atoms with Crippen LogP contribution >= 0.6 is 0 Å². The molecule has 0 bridgehead atoms. The second-order valence-corrected chi connectivity index (χ2v) is 0.696. The molecule has 0 aliphatic rings. The van der Waals surface area contributed by atoms with Crippen LogP contribution in [0.15, 0.2) is 0 Å². The van der Waals surface area contributed by atoms with Gasteiger partial charge in [-0.05, 0) is 0 Å². The molecule has 0 rings (SSSR count). The van der Waals surface area contributed by atoms with Gasteiger partial charge in [-0.2, -0.15) is 0 Å². The van der Waals surface area contributed by atoms with Crippen molar-refractivity contribution in [2.24, 2.45) is 0 Å². The molecule has 0 amide bonds. The Morgan fingerprint density at radius 3 is 1.83 bits per heavy atom. The summed E-state index contributed by atoms with van der Waals surface area (Å²) < 4.78 is 4.11. The summed E-state index contributed by atoms with van der Waals surface area (Å²) in [4.78, 5) is 9.59. The van der Waals surface area contributed by atoms with Gasteiger partial charge in [-0.25, -0.2) is 0 Å². The Balaban J connectivity index is 0. The average Bonchev–Trinajstić information content (AvgIpc) is 1.38. The largest absolute Gasteiger partial charge is 0.469 e. The van der Waals surface area contributed by atoms with Crippen molar-refractivity contribution in [1.29, 1.82) is 0 Å². The van der Waals surface area contributed by atoms with Crippen LogP contribution in [0.5, 0.6) is 0 Å². The minimum Gasteiger partial charge on any atom is -0.469 e. The monoisotopic (exact) mass is 177 g/mol. The van der Waals surface area contributed by atoms with Gasteiger partial charge in [0.2, 0.25) is 0 Å². The third-order valence-corrected chi connectivity index (χ3v) is 0.287. The Labute approximate surface area is 49.6 Å². The molecule has 0 aromatic heterocycles. The maximum atomic E-state index is 9.59. The predicted octanol–water partition coefficient (Wildman–Crippen LogP) is 0.177. The van der Waals surface area contributed by atoms with Crippen LogP contribution in [0.4, 0.5) is 0 Å². The Hall–Kier alpha value is 0.0934. The fraction of sp³-hybridized carbons (Fsp3) is 0.667. The van der Waals surface area contributed by atoms with Crippen molar-refractivity contribution in [2.45, 2.75) is 6.92 Å². The first kappa shape index (κ1) is 9.43. The zero-order chi connectivity index (χ0) is 4.28. The molecule has 0 unspecified atom stereocenters. The van der Waals surface area contributed by atoms with E-state index in [1.807, 2.05) is 0 Å². The zero-order valence-electron chi connectivity index (χ0n) is 3.65. The minimum atomic E-state index is -0.245. The van der Waals surface area contributed by atoms with Gasteiger partial charge in [0.1, 0.15) is 0 Å². The Morgan fingerprint density at radius 2 is 1.83 bits per heavy atom. The maximum absolute atomic E-state index is 9.59.